The third kappa shape index (κ3) is 3.58. The van der Waals surface area contributed by atoms with E-state index in [1.165, 1.54) is 0 Å². The molecule has 0 aliphatic carbocycles. The summed E-state index contributed by atoms with van der Waals surface area (Å²) in [6, 6.07) is 7.86. The second kappa shape index (κ2) is 7.03. The van der Waals surface area contributed by atoms with Crippen LogP contribution in [-0.2, 0) is 11.3 Å². The Morgan fingerprint density at radius 2 is 2.08 bits per heavy atom. The lowest BCUT2D eigenvalue weighted by molar-refractivity contribution is -0.128. The van der Waals surface area contributed by atoms with Gasteiger partial charge in [0.2, 0.25) is 11.8 Å². The van der Waals surface area contributed by atoms with Crippen molar-refractivity contribution in [2.75, 3.05) is 13.2 Å². The molecule has 0 saturated carbocycles. The van der Waals surface area contributed by atoms with Crippen molar-refractivity contribution in [3.05, 3.63) is 41.5 Å². The zero-order valence-corrected chi connectivity index (χ0v) is 14.4. The molecular formula is C18H23N3O3. The highest BCUT2D eigenvalue weighted by Gasteiger charge is 2.34. The number of carbonyl (C=O) groups is 1. The van der Waals surface area contributed by atoms with Crippen molar-refractivity contribution in [1.82, 2.24) is 15.0 Å². The molecule has 1 atom stereocenters. The van der Waals surface area contributed by atoms with E-state index in [9.17, 15) is 4.79 Å². The minimum atomic E-state index is -0.0137. The molecule has 128 valence electrons. The summed E-state index contributed by atoms with van der Waals surface area (Å²) in [7, 11) is 0. The van der Waals surface area contributed by atoms with Crippen molar-refractivity contribution in [2.24, 2.45) is 0 Å². The molecule has 1 aromatic heterocycles. The summed E-state index contributed by atoms with van der Waals surface area (Å²) in [6.45, 7) is 7.85. The van der Waals surface area contributed by atoms with E-state index in [0.717, 1.165) is 11.3 Å². The van der Waals surface area contributed by atoms with Crippen LogP contribution in [-0.4, -0.2) is 34.1 Å². The largest absolute Gasteiger partial charge is 0.494 e. The smallest absolute Gasteiger partial charge is 0.232 e. The minimum Gasteiger partial charge on any atom is -0.494 e. The van der Waals surface area contributed by atoms with E-state index in [2.05, 4.69) is 10.1 Å². The predicted molar refractivity (Wildman–Crippen MR) is 88.8 cm³/mol. The fraction of sp³-hybridized carbons (Fsp3) is 0.500. The lowest BCUT2D eigenvalue weighted by Gasteiger charge is -2.16. The maximum atomic E-state index is 12.3. The molecule has 1 aliphatic heterocycles. The van der Waals surface area contributed by atoms with Crippen LogP contribution in [0.1, 0.15) is 56.3 Å². The Kier molecular flexibility index (Phi) is 4.83. The molecule has 0 spiro atoms. The van der Waals surface area contributed by atoms with Gasteiger partial charge in [-0.2, -0.15) is 4.98 Å². The number of hydrogen-bond acceptors (Lipinski definition) is 5. The van der Waals surface area contributed by atoms with Gasteiger partial charge in [-0.1, -0.05) is 31.1 Å². The second-order valence-electron chi connectivity index (χ2n) is 6.40. The Balaban J connectivity index is 1.64. The molecule has 0 radical (unpaired) electrons. The molecule has 6 heteroatoms. The van der Waals surface area contributed by atoms with Crippen molar-refractivity contribution in [2.45, 2.75) is 45.6 Å². The molecule has 2 heterocycles. The van der Waals surface area contributed by atoms with Crippen molar-refractivity contribution >= 4 is 5.91 Å². The highest BCUT2D eigenvalue weighted by molar-refractivity contribution is 5.79. The van der Waals surface area contributed by atoms with Crippen LogP contribution in [0.5, 0.6) is 5.75 Å². The van der Waals surface area contributed by atoms with Crippen LogP contribution in [0.4, 0.5) is 0 Å². The Bertz CT molecular complexity index is 694. The first-order valence-corrected chi connectivity index (χ1v) is 8.39. The summed E-state index contributed by atoms with van der Waals surface area (Å²) >= 11 is 0. The van der Waals surface area contributed by atoms with Gasteiger partial charge in [-0.25, -0.2) is 0 Å². The van der Waals surface area contributed by atoms with Crippen LogP contribution in [0.3, 0.4) is 0 Å². The van der Waals surface area contributed by atoms with Crippen LogP contribution >= 0.6 is 0 Å². The highest BCUT2D eigenvalue weighted by atomic mass is 16.5. The van der Waals surface area contributed by atoms with Gasteiger partial charge in [0.1, 0.15) is 5.75 Å². The molecule has 1 unspecified atom stereocenters. The molecule has 6 nitrogen and oxygen atoms in total. The van der Waals surface area contributed by atoms with Crippen molar-refractivity contribution in [1.29, 1.82) is 0 Å². The Morgan fingerprint density at radius 3 is 2.71 bits per heavy atom. The topological polar surface area (TPSA) is 68.5 Å². The average molecular weight is 329 g/mol. The van der Waals surface area contributed by atoms with Gasteiger partial charge in [-0.3, -0.25) is 4.79 Å². The number of aromatic nitrogens is 2. The normalized spacial score (nSPS) is 17.8. The number of ether oxygens (including phenoxy) is 1. The van der Waals surface area contributed by atoms with Crippen LogP contribution in [0, 0.1) is 0 Å². The van der Waals surface area contributed by atoms with Gasteiger partial charge in [0, 0.05) is 25.4 Å². The van der Waals surface area contributed by atoms with Gasteiger partial charge in [0.25, 0.3) is 0 Å². The van der Waals surface area contributed by atoms with Crippen molar-refractivity contribution in [3.8, 4) is 5.75 Å². The monoisotopic (exact) mass is 329 g/mol. The van der Waals surface area contributed by atoms with E-state index >= 15 is 0 Å². The first-order chi connectivity index (χ1) is 11.6. The van der Waals surface area contributed by atoms with E-state index in [-0.39, 0.29) is 17.7 Å². The van der Waals surface area contributed by atoms with E-state index < -0.39 is 0 Å². The zero-order chi connectivity index (χ0) is 17.1. The number of benzene rings is 1. The molecule has 1 aliphatic rings. The number of nitrogens with zero attached hydrogens (tertiary/aromatic N) is 3. The molecule has 0 bridgehead atoms. The fourth-order valence-corrected chi connectivity index (χ4v) is 2.82. The minimum absolute atomic E-state index is 0.0137. The van der Waals surface area contributed by atoms with Gasteiger partial charge >= 0.3 is 0 Å². The van der Waals surface area contributed by atoms with Gasteiger partial charge in [0.15, 0.2) is 5.82 Å². The molecule has 24 heavy (non-hydrogen) atoms. The summed E-state index contributed by atoms with van der Waals surface area (Å²) in [5.41, 5.74) is 1.08. The van der Waals surface area contributed by atoms with Crippen molar-refractivity contribution < 1.29 is 14.1 Å². The Hall–Kier alpha value is -2.37. The summed E-state index contributed by atoms with van der Waals surface area (Å²) in [5.74, 6) is 2.44. The molecule has 1 fully saturated rings. The lowest BCUT2D eigenvalue weighted by Crippen LogP contribution is -2.24. The first-order valence-electron chi connectivity index (χ1n) is 8.39. The standard InChI is InChI=1S/C18H23N3O3/c1-4-23-15-7-5-13(6-8-15)10-21-11-14(9-16(21)22)18-19-17(12(2)3)20-24-18/h5-8,12,14H,4,9-11H2,1-3H3. The third-order valence-corrected chi connectivity index (χ3v) is 4.15. The van der Waals surface area contributed by atoms with E-state index in [1.54, 1.807) is 0 Å². The maximum absolute atomic E-state index is 12.3. The average Bonchev–Trinajstić information content (AvgIpc) is 3.17. The molecule has 3 rings (SSSR count). The summed E-state index contributed by atoms with van der Waals surface area (Å²) in [5, 5.41) is 3.99. The van der Waals surface area contributed by atoms with Crippen LogP contribution in [0.2, 0.25) is 0 Å². The van der Waals surface area contributed by atoms with E-state index in [4.69, 9.17) is 9.26 Å². The third-order valence-electron chi connectivity index (χ3n) is 4.15. The van der Waals surface area contributed by atoms with Gasteiger partial charge in [-0.05, 0) is 24.6 Å². The molecular weight excluding hydrogens is 306 g/mol. The molecule has 2 aromatic rings. The number of likely N-dealkylation sites (tertiary alicyclic amines) is 1. The highest BCUT2D eigenvalue weighted by Crippen LogP contribution is 2.29. The summed E-state index contributed by atoms with van der Waals surface area (Å²) < 4.78 is 10.8. The van der Waals surface area contributed by atoms with Crippen LogP contribution in [0.15, 0.2) is 28.8 Å². The Labute approximate surface area is 141 Å². The lowest BCUT2D eigenvalue weighted by atomic mass is 10.1. The molecule has 0 N–H and O–H groups in total. The summed E-state index contributed by atoms with van der Waals surface area (Å²) in [6.07, 6.45) is 0.427. The zero-order valence-electron chi connectivity index (χ0n) is 14.4. The second-order valence-corrected chi connectivity index (χ2v) is 6.40. The quantitative estimate of drug-likeness (QED) is 0.814. The molecule has 1 saturated heterocycles. The number of hydrogen-bond donors (Lipinski definition) is 0. The number of rotatable bonds is 6. The van der Waals surface area contributed by atoms with Gasteiger partial charge in [0.05, 0.1) is 12.5 Å². The number of amides is 1. The SMILES string of the molecule is CCOc1ccc(CN2CC(c3nc(C(C)C)no3)CC2=O)cc1. The number of carbonyl (C=O) groups excluding carboxylic acids is 1. The molecule has 1 aromatic carbocycles. The van der Waals surface area contributed by atoms with Gasteiger partial charge in [-0.15, -0.1) is 0 Å². The summed E-state index contributed by atoms with van der Waals surface area (Å²) in [4.78, 5) is 18.6. The van der Waals surface area contributed by atoms with Crippen LogP contribution < -0.4 is 4.74 Å². The first kappa shape index (κ1) is 16.5. The predicted octanol–water partition coefficient (Wildman–Crippen LogP) is 3.11. The fourth-order valence-electron chi connectivity index (χ4n) is 2.82. The van der Waals surface area contributed by atoms with Crippen molar-refractivity contribution in [3.63, 3.8) is 0 Å². The van der Waals surface area contributed by atoms with E-state index in [1.807, 2.05) is 49.9 Å². The maximum Gasteiger partial charge on any atom is 0.232 e. The Morgan fingerprint density at radius 1 is 1.33 bits per heavy atom. The van der Waals surface area contributed by atoms with Crippen LogP contribution in [0.25, 0.3) is 0 Å². The molecule has 1 amide bonds. The van der Waals surface area contributed by atoms with Gasteiger partial charge < -0.3 is 14.2 Å². The van der Waals surface area contributed by atoms with E-state index in [0.29, 0.717) is 37.8 Å².